The van der Waals surface area contributed by atoms with Gasteiger partial charge in [-0.05, 0) is 64.0 Å². The summed E-state index contributed by atoms with van der Waals surface area (Å²) < 4.78 is 48.0. The van der Waals surface area contributed by atoms with Crippen molar-refractivity contribution in [3.05, 3.63) is 41.9 Å². The van der Waals surface area contributed by atoms with Crippen LogP contribution >= 0.6 is 0 Å². The molecule has 1 aromatic heterocycles. The van der Waals surface area contributed by atoms with Crippen molar-refractivity contribution in [3.63, 3.8) is 0 Å². The Kier molecular flexibility index (Phi) is 8.55. The van der Waals surface area contributed by atoms with Crippen LogP contribution < -0.4 is 20.5 Å². The number of nitrogens with two attached hydrogens (primary N) is 1. The highest BCUT2D eigenvalue weighted by molar-refractivity contribution is 7.91. The van der Waals surface area contributed by atoms with Crippen LogP contribution in [0.5, 0.6) is 5.88 Å². The van der Waals surface area contributed by atoms with Crippen LogP contribution in [0.15, 0.2) is 30.4 Å². The van der Waals surface area contributed by atoms with E-state index in [2.05, 4.69) is 20.0 Å². The molecular weight excluding hydrogens is 615 g/mol. The molecule has 46 heavy (non-hydrogen) atoms. The number of benzene rings is 1. The maximum atomic E-state index is 14.6. The number of fused-ring (bicyclic) bond motifs is 3. The second kappa shape index (κ2) is 12.2. The molecule has 4 N–H and O–H groups in total. The van der Waals surface area contributed by atoms with Crippen molar-refractivity contribution in [1.29, 1.82) is 0 Å². The van der Waals surface area contributed by atoms with Gasteiger partial charge in [-0.15, -0.1) is 0 Å². The molecule has 5 atom stereocenters. The number of rotatable bonds is 6. The molecule has 2 saturated carbocycles. The van der Waals surface area contributed by atoms with Crippen LogP contribution in [0.2, 0.25) is 0 Å². The third kappa shape index (κ3) is 6.08. The fraction of sp³-hybridized carbons (Fsp3) is 0.594. The van der Waals surface area contributed by atoms with E-state index in [0.717, 1.165) is 25.7 Å². The van der Waals surface area contributed by atoms with Gasteiger partial charge >= 0.3 is 0 Å². The maximum absolute atomic E-state index is 14.6. The highest BCUT2D eigenvalue weighted by Crippen LogP contribution is 2.47. The number of ether oxygens (including phenoxy) is 1. The molecule has 2 aliphatic carbocycles. The smallest absolute Gasteiger partial charge is 0.259 e. The standard InChI is InChI=1S/C32H41FN6O6S/c1-3-23-28(36-26-21(33)11-9-13-24(26)35-23)45-20-16-25-27(40)37-32(30(42)38-46(43,44)31(2)14-15-31)17-19(32)10-7-5-4-6-8-12-22(34)29(41)39(25)18-20/h7,9-11,13,19-20,22,25H,3-6,8,12,14-18,34H2,1-2H3,(H,37,40)(H,38,42)/b10-7-/t19-,20-,22+,25+,32-/m1/s1. The Balaban J connectivity index is 1.28. The molecule has 3 fully saturated rings. The van der Waals surface area contributed by atoms with Gasteiger partial charge in [0.25, 0.3) is 5.91 Å². The summed E-state index contributed by atoms with van der Waals surface area (Å²) in [4.78, 5) is 51.6. The van der Waals surface area contributed by atoms with Crippen LogP contribution in [0, 0.1) is 11.7 Å². The molecule has 0 radical (unpaired) electrons. The van der Waals surface area contributed by atoms with Gasteiger partial charge in [0.1, 0.15) is 28.9 Å². The topological polar surface area (TPSA) is 174 Å². The summed E-state index contributed by atoms with van der Waals surface area (Å²) in [5, 5.41) is 2.84. The molecule has 248 valence electrons. The highest BCUT2D eigenvalue weighted by atomic mass is 32.2. The van der Waals surface area contributed by atoms with E-state index in [0.29, 0.717) is 36.9 Å². The lowest BCUT2D eigenvalue weighted by molar-refractivity contribution is -0.140. The number of nitrogens with zero attached hydrogens (tertiary/aromatic N) is 3. The Morgan fingerprint density at radius 2 is 2.00 bits per heavy atom. The third-order valence-electron chi connectivity index (χ3n) is 9.81. The fourth-order valence-electron chi connectivity index (χ4n) is 6.39. The monoisotopic (exact) mass is 656 g/mol. The summed E-state index contributed by atoms with van der Waals surface area (Å²) >= 11 is 0. The highest BCUT2D eigenvalue weighted by Gasteiger charge is 2.63. The van der Waals surface area contributed by atoms with E-state index in [1.165, 1.54) is 11.0 Å². The molecular formula is C32H41FN6O6S. The molecule has 1 aromatic carbocycles. The first-order chi connectivity index (χ1) is 21.9. The van der Waals surface area contributed by atoms with E-state index >= 15 is 0 Å². The Labute approximate surface area is 267 Å². The number of carbonyl (C=O) groups excluding carboxylic acids is 3. The first-order valence-corrected chi connectivity index (χ1v) is 17.6. The van der Waals surface area contributed by atoms with Crippen LogP contribution in [0.25, 0.3) is 11.0 Å². The van der Waals surface area contributed by atoms with E-state index in [1.807, 2.05) is 19.1 Å². The number of hydrogen-bond donors (Lipinski definition) is 3. The van der Waals surface area contributed by atoms with Crippen molar-refractivity contribution in [2.45, 2.75) is 107 Å². The Bertz CT molecular complexity index is 1700. The first-order valence-electron chi connectivity index (χ1n) is 16.1. The number of amides is 3. The van der Waals surface area contributed by atoms with E-state index in [1.54, 1.807) is 19.1 Å². The molecule has 6 rings (SSSR count). The predicted molar refractivity (Wildman–Crippen MR) is 167 cm³/mol. The fourth-order valence-corrected chi connectivity index (χ4v) is 7.70. The van der Waals surface area contributed by atoms with Gasteiger partial charge in [-0.2, -0.15) is 0 Å². The van der Waals surface area contributed by atoms with Gasteiger partial charge in [0, 0.05) is 12.3 Å². The van der Waals surface area contributed by atoms with Crippen molar-refractivity contribution in [2.24, 2.45) is 11.7 Å². The van der Waals surface area contributed by atoms with Gasteiger partial charge in [-0.1, -0.05) is 38.0 Å². The number of carbonyl (C=O) groups is 3. The largest absolute Gasteiger partial charge is 0.471 e. The molecule has 0 unspecified atom stereocenters. The second-order valence-electron chi connectivity index (χ2n) is 13.2. The second-order valence-corrected chi connectivity index (χ2v) is 15.4. The number of allylic oxidation sites excluding steroid dienone is 1. The zero-order valence-corrected chi connectivity index (χ0v) is 26.9. The molecule has 0 spiro atoms. The first kappa shape index (κ1) is 32.3. The SMILES string of the molecule is CCc1nc2cccc(F)c2nc1O[C@@H]1C[C@H]2C(=O)N[C@]3(C(=O)NS(=O)(=O)C4(C)CC4)C[C@H]3/C=C\CCCCC[C@H](N)C(=O)N2C1. The molecule has 0 bridgehead atoms. The lowest BCUT2D eigenvalue weighted by Crippen LogP contribution is -2.58. The van der Waals surface area contributed by atoms with Crippen LogP contribution in [-0.4, -0.2) is 76.0 Å². The molecule has 3 amide bonds. The van der Waals surface area contributed by atoms with E-state index < -0.39 is 68.0 Å². The van der Waals surface area contributed by atoms with Crippen molar-refractivity contribution >= 4 is 38.8 Å². The van der Waals surface area contributed by atoms with Gasteiger partial charge in [0.2, 0.25) is 27.7 Å². The van der Waals surface area contributed by atoms with Crippen LogP contribution in [-0.2, 0) is 30.8 Å². The number of nitrogens with one attached hydrogen (secondary N) is 2. The zero-order valence-electron chi connectivity index (χ0n) is 26.1. The summed E-state index contributed by atoms with van der Waals surface area (Å²) in [5.74, 6) is -2.64. The molecule has 3 heterocycles. The average molecular weight is 657 g/mol. The van der Waals surface area contributed by atoms with Crippen LogP contribution in [0.3, 0.4) is 0 Å². The summed E-state index contributed by atoms with van der Waals surface area (Å²) in [5.41, 5.74) is 5.80. The average Bonchev–Trinajstić information content (AvgIpc) is 3.90. The molecule has 14 heteroatoms. The normalized spacial score (nSPS) is 30.3. The van der Waals surface area contributed by atoms with Gasteiger partial charge in [0.15, 0.2) is 5.82 Å². The number of halogens is 1. The Morgan fingerprint density at radius 3 is 2.74 bits per heavy atom. The number of para-hydroxylation sites is 1. The maximum Gasteiger partial charge on any atom is 0.259 e. The number of aryl methyl sites for hydroxylation is 1. The van der Waals surface area contributed by atoms with E-state index in [4.69, 9.17) is 10.5 Å². The lowest BCUT2D eigenvalue weighted by Gasteiger charge is -2.28. The third-order valence-corrected chi connectivity index (χ3v) is 12.0. The van der Waals surface area contributed by atoms with Crippen molar-refractivity contribution in [3.8, 4) is 5.88 Å². The van der Waals surface area contributed by atoms with Crippen LogP contribution in [0.4, 0.5) is 4.39 Å². The van der Waals surface area contributed by atoms with Gasteiger partial charge in [0.05, 0.1) is 22.9 Å². The van der Waals surface area contributed by atoms with Crippen molar-refractivity contribution in [1.82, 2.24) is 24.9 Å². The van der Waals surface area contributed by atoms with Crippen molar-refractivity contribution in [2.75, 3.05) is 6.54 Å². The zero-order chi connectivity index (χ0) is 32.9. The minimum atomic E-state index is -3.95. The van der Waals surface area contributed by atoms with Gasteiger partial charge in [-0.3, -0.25) is 19.1 Å². The lowest BCUT2D eigenvalue weighted by atomic mass is 10.1. The minimum Gasteiger partial charge on any atom is -0.471 e. The van der Waals surface area contributed by atoms with E-state index in [-0.39, 0.29) is 30.8 Å². The predicted octanol–water partition coefficient (Wildman–Crippen LogP) is 2.40. The Morgan fingerprint density at radius 1 is 1.22 bits per heavy atom. The van der Waals surface area contributed by atoms with Gasteiger partial charge < -0.3 is 20.7 Å². The number of sulfonamides is 1. The summed E-state index contributed by atoms with van der Waals surface area (Å²) in [6.45, 7) is 3.47. The molecule has 12 nitrogen and oxygen atoms in total. The van der Waals surface area contributed by atoms with Gasteiger partial charge in [-0.25, -0.2) is 22.8 Å². The minimum absolute atomic E-state index is 0.0139. The summed E-state index contributed by atoms with van der Waals surface area (Å²) in [7, 11) is -3.95. The summed E-state index contributed by atoms with van der Waals surface area (Å²) in [6.07, 6.45) is 8.39. The number of hydrogen-bond acceptors (Lipinski definition) is 9. The quantitative estimate of drug-likeness (QED) is 0.395. The molecule has 2 aliphatic heterocycles. The van der Waals surface area contributed by atoms with Crippen LogP contribution in [0.1, 0.15) is 77.3 Å². The summed E-state index contributed by atoms with van der Waals surface area (Å²) in [6, 6.07) is 2.61. The van der Waals surface area contributed by atoms with E-state index in [9.17, 15) is 27.2 Å². The Hall–Kier alpha value is -3.65. The molecule has 4 aliphatic rings. The molecule has 2 aromatic rings. The number of aromatic nitrogens is 2. The molecule has 1 saturated heterocycles. The van der Waals surface area contributed by atoms with Crippen molar-refractivity contribution < 1.29 is 31.9 Å².